The molecule has 0 bridgehead atoms. The molecule has 0 spiro atoms. The molecule has 0 heterocycles. The molecule has 1 unspecified atom stereocenters. The van der Waals surface area contributed by atoms with Crippen molar-refractivity contribution in [2.75, 3.05) is 27.3 Å². The zero-order valence-electron chi connectivity index (χ0n) is 12.8. The smallest absolute Gasteiger partial charge is 0.328 e. The van der Waals surface area contributed by atoms with E-state index in [1.807, 2.05) is 18.7 Å². The number of hydrogen-bond donors (Lipinski definition) is 1. The molecule has 0 fully saturated rings. The van der Waals surface area contributed by atoms with E-state index in [9.17, 15) is 9.90 Å². The topological polar surface area (TPSA) is 59.0 Å². The summed E-state index contributed by atoms with van der Waals surface area (Å²) in [6.07, 6.45) is 0. The summed E-state index contributed by atoms with van der Waals surface area (Å²) in [5.74, 6) is 0.238. The third-order valence-electron chi connectivity index (χ3n) is 3.76. The van der Waals surface area contributed by atoms with E-state index in [0.29, 0.717) is 30.2 Å². The second-order valence-corrected chi connectivity index (χ2v) is 4.62. The molecule has 0 aromatic heterocycles. The van der Waals surface area contributed by atoms with Gasteiger partial charge in [-0.15, -0.1) is 0 Å². The first-order valence-electron chi connectivity index (χ1n) is 6.66. The van der Waals surface area contributed by atoms with Gasteiger partial charge in [-0.25, -0.2) is 4.79 Å². The third kappa shape index (κ3) is 2.72. The van der Waals surface area contributed by atoms with Crippen molar-refractivity contribution in [1.29, 1.82) is 0 Å². The zero-order valence-corrected chi connectivity index (χ0v) is 12.8. The molecule has 1 aromatic rings. The van der Waals surface area contributed by atoms with Gasteiger partial charge in [-0.1, -0.05) is 19.9 Å². The zero-order chi connectivity index (χ0) is 15.3. The Morgan fingerprint density at radius 3 is 2.15 bits per heavy atom. The van der Waals surface area contributed by atoms with Gasteiger partial charge in [0.2, 0.25) is 0 Å². The molecule has 112 valence electrons. The lowest BCUT2D eigenvalue weighted by Gasteiger charge is -2.37. The summed E-state index contributed by atoms with van der Waals surface area (Å²) in [5, 5.41) is 9.69. The fourth-order valence-electron chi connectivity index (χ4n) is 2.44. The predicted molar refractivity (Wildman–Crippen MR) is 77.5 cm³/mol. The Morgan fingerprint density at radius 1 is 1.20 bits per heavy atom. The molecule has 1 N–H and O–H groups in total. The van der Waals surface area contributed by atoms with Crippen LogP contribution in [0.4, 0.5) is 0 Å². The van der Waals surface area contributed by atoms with Gasteiger partial charge in [0.1, 0.15) is 5.54 Å². The molecular formula is C15H23NO4. The highest BCUT2D eigenvalue weighted by Crippen LogP contribution is 2.35. The quantitative estimate of drug-likeness (QED) is 0.831. The molecule has 1 aromatic carbocycles. The number of carbonyl (C=O) groups is 1. The van der Waals surface area contributed by atoms with Crippen molar-refractivity contribution >= 4 is 5.97 Å². The lowest BCUT2D eigenvalue weighted by atomic mass is 9.89. The van der Waals surface area contributed by atoms with Gasteiger partial charge in [-0.2, -0.15) is 0 Å². The second kappa shape index (κ2) is 6.61. The number of methoxy groups -OCH3 is 2. The molecule has 0 amide bonds. The van der Waals surface area contributed by atoms with E-state index in [1.165, 1.54) is 7.11 Å². The summed E-state index contributed by atoms with van der Waals surface area (Å²) in [5.41, 5.74) is -0.422. The number of rotatable bonds is 7. The van der Waals surface area contributed by atoms with Crippen LogP contribution in [0.1, 0.15) is 26.3 Å². The third-order valence-corrected chi connectivity index (χ3v) is 3.76. The standard InChI is InChI=1S/C15H23NO4/c1-6-16(7-2)15(3,14(17)18)11-8-9-12(19-4)13(10-11)20-5/h8-10H,6-7H2,1-5H3,(H,17,18). The predicted octanol–water partition coefficient (Wildman–Crippen LogP) is 2.35. The summed E-state index contributed by atoms with van der Waals surface area (Å²) in [6.45, 7) is 6.90. The van der Waals surface area contributed by atoms with Gasteiger partial charge in [-0.05, 0) is 37.7 Å². The molecule has 0 saturated heterocycles. The van der Waals surface area contributed by atoms with Crippen LogP contribution in [0.3, 0.4) is 0 Å². The van der Waals surface area contributed by atoms with Crippen LogP contribution < -0.4 is 9.47 Å². The molecular weight excluding hydrogens is 258 g/mol. The van der Waals surface area contributed by atoms with E-state index in [1.54, 1.807) is 32.2 Å². The first-order valence-corrected chi connectivity index (χ1v) is 6.66. The van der Waals surface area contributed by atoms with Crippen molar-refractivity contribution < 1.29 is 19.4 Å². The highest BCUT2D eigenvalue weighted by Gasteiger charge is 2.40. The first kappa shape index (κ1) is 16.3. The molecule has 5 heteroatoms. The number of likely N-dealkylation sites (N-methyl/N-ethyl adjacent to an activating group) is 1. The number of hydrogen-bond acceptors (Lipinski definition) is 4. The van der Waals surface area contributed by atoms with Crippen LogP contribution >= 0.6 is 0 Å². The number of carboxylic acids is 1. The van der Waals surface area contributed by atoms with Crippen LogP contribution in [-0.2, 0) is 10.3 Å². The van der Waals surface area contributed by atoms with Crippen molar-refractivity contribution in [2.24, 2.45) is 0 Å². The monoisotopic (exact) mass is 281 g/mol. The van der Waals surface area contributed by atoms with Crippen molar-refractivity contribution in [3.8, 4) is 11.5 Å². The number of ether oxygens (including phenoxy) is 2. The Morgan fingerprint density at radius 2 is 1.75 bits per heavy atom. The molecule has 1 atom stereocenters. The van der Waals surface area contributed by atoms with Crippen molar-refractivity contribution in [3.05, 3.63) is 23.8 Å². The average molecular weight is 281 g/mol. The van der Waals surface area contributed by atoms with E-state index < -0.39 is 11.5 Å². The fraction of sp³-hybridized carbons (Fsp3) is 0.533. The first-order chi connectivity index (χ1) is 9.45. The normalized spacial score (nSPS) is 13.9. The van der Waals surface area contributed by atoms with E-state index in [0.717, 1.165) is 0 Å². The second-order valence-electron chi connectivity index (χ2n) is 4.62. The molecule has 1 rings (SSSR count). The highest BCUT2D eigenvalue weighted by molar-refractivity contribution is 5.80. The van der Waals surface area contributed by atoms with Gasteiger partial charge in [0, 0.05) is 0 Å². The van der Waals surface area contributed by atoms with Gasteiger partial charge in [0.15, 0.2) is 11.5 Å². The Bertz CT molecular complexity index is 471. The van der Waals surface area contributed by atoms with Gasteiger partial charge < -0.3 is 14.6 Å². The Balaban J connectivity index is 3.39. The maximum absolute atomic E-state index is 11.8. The van der Waals surface area contributed by atoms with Crippen LogP contribution in [-0.4, -0.2) is 43.3 Å². The minimum absolute atomic E-state index is 0.532. The molecule has 0 aliphatic heterocycles. The fourth-order valence-corrected chi connectivity index (χ4v) is 2.44. The van der Waals surface area contributed by atoms with Crippen molar-refractivity contribution in [3.63, 3.8) is 0 Å². The van der Waals surface area contributed by atoms with Crippen LogP contribution in [0.2, 0.25) is 0 Å². The molecule has 20 heavy (non-hydrogen) atoms. The largest absolute Gasteiger partial charge is 0.493 e. The summed E-state index contributed by atoms with van der Waals surface area (Å²) >= 11 is 0. The summed E-state index contributed by atoms with van der Waals surface area (Å²) in [7, 11) is 3.09. The molecule has 0 aliphatic carbocycles. The Hall–Kier alpha value is -1.75. The molecule has 0 radical (unpaired) electrons. The summed E-state index contributed by atoms with van der Waals surface area (Å²) in [6, 6.07) is 5.23. The average Bonchev–Trinajstić information content (AvgIpc) is 2.47. The Kier molecular flexibility index (Phi) is 5.39. The van der Waals surface area contributed by atoms with Crippen LogP contribution in [0, 0.1) is 0 Å². The van der Waals surface area contributed by atoms with Gasteiger partial charge in [0.05, 0.1) is 14.2 Å². The summed E-state index contributed by atoms with van der Waals surface area (Å²) in [4.78, 5) is 13.7. The number of nitrogens with zero attached hydrogens (tertiary/aromatic N) is 1. The number of aliphatic carboxylic acids is 1. The lowest BCUT2D eigenvalue weighted by Crippen LogP contribution is -2.49. The summed E-state index contributed by atoms with van der Waals surface area (Å²) < 4.78 is 10.5. The number of benzene rings is 1. The van der Waals surface area contributed by atoms with Gasteiger partial charge in [0.25, 0.3) is 0 Å². The minimum atomic E-state index is -1.09. The number of carboxylic acid groups (broad SMARTS) is 1. The van der Waals surface area contributed by atoms with E-state index >= 15 is 0 Å². The van der Waals surface area contributed by atoms with Crippen LogP contribution in [0.5, 0.6) is 11.5 Å². The SMILES string of the molecule is CCN(CC)C(C)(C(=O)O)c1ccc(OC)c(OC)c1. The Labute approximate surface area is 120 Å². The van der Waals surface area contributed by atoms with Crippen LogP contribution in [0.15, 0.2) is 18.2 Å². The molecule has 5 nitrogen and oxygen atoms in total. The molecule has 0 aliphatic rings. The maximum Gasteiger partial charge on any atom is 0.328 e. The minimum Gasteiger partial charge on any atom is -0.493 e. The van der Waals surface area contributed by atoms with E-state index in [-0.39, 0.29) is 0 Å². The van der Waals surface area contributed by atoms with Crippen molar-refractivity contribution in [1.82, 2.24) is 4.90 Å². The lowest BCUT2D eigenvalue weighted by molar-refractivity contribution is -0.151. The van der Waals surface area contributed by atoms with E-state index in [2.05, 4.69) is 0 Å². The maximum atomic E-state index is 11.8. The molecule has 0 saturated carbocycles. The van der Waals surface area contributed by atoms with Crippen molar-refractivity contribution in [2.45, 2.75) is 26.3 Å². The van der Waals surface area contributed by atoms with Gasteiger partial charge >= 0.3 is 5.97 Å². The highest BCUT2D eigenvalue weighted by atomic mass is 16.5. The van der Waals surface area contributed by atoms with E-state index in [4.69, 9.17) is 9.47 Å². The van der Waals surface area contributed by atoms with Crippen LogP contribution in [0.25, 0.3) is 0 Å². The van der Waals surface area contributed by atoms with Gasteiger partial charge in [-0.3, -0.25) is 4.90 Å².